The van der Waals surface area contributed by atoms with Crippen LogP contribution in [0.25, 0.3) is 0 Å². The van der Waals surface area contributed by atoms with Crippen molar-refractivity contribution in [3.05, 3.63) is 81.3 Å². The number of alkyl halides is 2. The zero-order chi connectivity index (χ0) is 20.4. The lowest BCUT2D eigenvalue weighted by molar-refractivity contribution is 0.145. The van der Waals surface area contributed by atoms with E-state index in [-0.39, 0.29) is 11.7 Å². The Morgan fingerprint density at radius 2 is 1.86 bits per heavy atom. The fraction of sp³-hybridized carbons (Fsp3) is 0.300. The Morgan fingerprint density at radius 1 is 1.07 bits per heavy atom. The molecule has 0 fully saturated rings. The predicted octanol–water partition coefficient (Wildman–Crippen LogP) is 4.43. The highest BCUT2D eigenvalue weighted by Gasteiger charge is 2.20. The molecule has 29 heavy (non-hydrogen) atoms. The van der Waals surface area contributed by atoms with E-state index in [0.29, 0.717) is 18.7 Å². The number of nitrogens with zero attached hydrogens (tertiary/aromatic N) is 6. The Kier molecular flexibility index (Phi) is 5.48. The molecular weight excluding hydrogens is 394 g/mol. The first kappa shape index (κ1) is 19.4. The van der Waals surface area contributed by atoms with Gasteiger partial charge in [-0.3, -0.25) is 9.36 Å². The molecule has 3 aromatic heterocycles. The number of aromatic nitrogens is 6. The molecule has 1 aromatic carbocycles. The predicted molar refractivity (Wildman–Crippen MR) is 106 cm³/mol. The molecule has 4 rings (SSSR count). The van der Waals surface area contributed by atoms with Crippen molar-refractivity contribution in [2.24, 2.45) is 0 Å². The topological polar surface area (TPSA) is 61.4 Å². The first-order valence-electron chi connectivity index (χ1n) is 9.22. The average Bonchev–Trinajstić information content (AvgIpc) is 3.43. The summed E-state index contributed by atoms with van der Waals surface area (Å²) in [5, 5.41) is 18.7. The first-order chi connectivity index (χ1) is 14.0. The molecule has 150 valence electrons. The Balaban J connectivity index is 1.44. The number of rotatable bonds is 7. The van der Waals surface area contributed by atoms with E-state index in [1.54, 1.807) is 11.6 Å². The van der Waals surface area contributed by atoms with Crippen molar-refractivity contribution in [1.29, 1.82) is 0 Å². The molecule has 0 aliphatic heterocycles. The van der Waals surface area contributed by atoms with Crippen molar-refractivity contribution >= 4 is 11.3 Å². The van der Waals surface area contributed by atoms with E-state index in [4.69, 9.17) is 0 Å². The van der Waals surface area contributed by atoms with Crippen LogP contribution < -0.4 is 0 Å². The van der Waals surface area contributed by atoms with Gasteiger partial charge in [-0.05, 0) is 31.5 Å². The van der Waals surface area contributed by atoms with Crippen LogP contribution >= 0.6 is 11.3 Å². The standard InChI is InChI=1S/C20H20F2N6S/c1-13-10-17(19(21)22)26-28(13)14(2)20-24-23-18(29-20)11-16-8-9-27(25-16)12-15-6-4-3-5-7-15/h3-10,14,19H,11-12H2,1-2H3. The molecule has 0 amide bonds. The molecule has 6 nitrogen and oxygen atoms in total. The molecule has 9 heteroatoms. The molecule has 0 radical (unpaired) electrons. The van der Waals surface area contributed by atoms with E-state index in [0.717, 1.165) is 15.7 Å². The Morgan fingerprint density at radius 3 is 2.59 bits per heavy atom. The molecular formula is C20H20F2N6S. The van der Waals surface area contributed by atoms with Gasteiger partial charge in [0.2, 0.25) is 0 Å². The van der Waals surface area contributed by atoms with Crippen LogP contribution in [0.3, 0.4) is 0 Å². The maximum Gasteiger partial charge on any atom is 0.282 e. The maximum atomic E-state index is 12.9. The van der Waals surface area contributed by atoms with E-state index in [2.05, 4.69) is 32.5 Å². The van der Waals surface area contributed by atoms with Crippen LogP contribution in [0.15, 0.2) is 48.7 Å². The molecule has 3 heterocycles. The van der Waals surface area contributed by atoms with Crippen molar-refractivity contribution in [2.75, 3.05) is 0 Å². The lowest BCUT2D eigenvalue weighted by atomic mass is 10.2. The largest absolute Gasteiger partial charge is 0.282 e. The summed E-state index contributed by atoms with van der Waals surface area (Å²) in [4.78, 5) is 0. The first-order valence-corrected chi connectivity index (χ1v) is 10.0. The van der Waals surface area contributed by atoms with Crippen LogP contribution in [0.4, 0.5) is 8.78 Å². The van der Waals surface area contributed by atoms with Gasteiger partial charge in [0.25, 0.3) is 6.43 Å². The van der Waals surface area contributed by atoms with Gasteiger partial charge in [0.1, 0.15) is 21.8 Å². The minimum atomic E-state index is -2.59. The van der Waals surface area contributed by atoms with E-state index in [9.17, 15) is 8.78 Å². The number of hydrogen-bond donors (Lipinski definition) is 0. The lowest BCUT2D eigenvalue weighted by Crippen LogP contribution is -2.10. The molecule has 0 saturated carbocycles. The molecule has 0 bridgehead atoms. The third-order valence-corrected chi connectivity index (χ3v) is 5.68. The summed E-state index contributed by atoms with van der Waals surface area (Å²) < 4.78 is 29.3. The quantitative estimate of drug-likeness (QED) is 0.449. The molecule has 0 spiro atoms. The van der Waals surface area contributed by atoms with Crippen LogP contribution in [-0.4, -0.2) is 29.8 Å². The number of halogens is 2. The minimum Gasteiger partial charge on any atom is -0.268 e. The number of hydrogen-bond acceptors (Lipinski definition) is 5. The monoisotopic (exact) mass is 414 g/mol. The molecule has 0 N–H and O–H groups in total. The SMILES string of the molecule is Cc1cc(C(F)F)nn1C(C)c1nnc(Cc2ccn(Cc3ccccc3)n2)s1. The van der Waals surface area contributed by atoms with Crippen LogP contribution in [0, 0.1) is 6.92 Å². The second-order valence-corrected chi connectivity index (χ2v) is 7.93. The fourth-order valence-corrected chi connectivity index (χ4v) is 4.03. The summed E-state index contributed by atoms with van der Waals surface area (Å²) >= 11 is 1.45. The summed E-state index contributed by atoms with van der Waals surface area (Å²) in [7, 11) is 0. The summed E-state index contributed by atoms with van der Waals surface area (Å²) in [5.74, 6) is 0. The van der Waals surface area contributed by atoms with Gasteiger partial charge in [-0.25, -0.2) is 8.78 Å². The second-order valence-electron chi connectivity index (χ2n) is 6.83. The zero-order valence-electron chi connectivity index (χ0n) is 16.0. The Hall–Kier alpha value is -2.94. The molecule has 1 atom stereocenters. The van der Waals surface area contributed by atoms with Crippen molar-refractivity contribution in [2.45, 2.75) is 39.3 Å². The van der Waals surface area contributed by atoms with Gasteiger partial charge < -0.3 is 0 Å². The average molecular weight is 414 g/mol. The van der Waals surface area contributed by atoms with E-state index in [1.807, 2.05) is 42.1 Å². The second kappa shape index (κ2) is 8.20. The van der Waals surface area contributed by atoms with Crippen LogP contribution in [-0.2, 0) is 13.0 Å². The van der Waals surface area contributed by atoms with Crippen molar-refractivity contribution < 1.29 is 8.78 Å². The normalized spacial score (nSPS) is 12.6. The van der Waals surface area contributed by atoms with Gasteiger partial charge in [0.15, 0.2) is 0 Å². The highest BCUT2D eigenvalue weighted by molar-refractivity contribution is 7.11. The highest BCUT2D eigenvalue weighted by atomic mass is 32.1. The van der Waals surface area contributed by atoms with E-state index in [1.165, 1.54) is 23.0 Å². The van der Waals surface area contributed by atoms with Crippen molar-refractivity contribution in [1.82, 2.24) is 29.8 Å². The van der Waals surface area contributed by atoms with Gasteiger partial charge in [0, 0.05) is 18.3 Å². The van der Waals surface area contributed by atoms with E-state index >= 15 is 0 Å². The smallest absolute Gasteiger partial charge is 0.268 e. The highest BCUT2D eigenvalue weighted by Crippen LogP contribution is 2.26. The fourth-order valence-electron chi connectivity index (χ4n) is 3.13. The number of benzene rings is 1. The number of aryl methyl sites for hydroxylation is 1. The van der Waals surface area contributed by atoms with Crippen LogP contribution in [0.2, 0.25) is 0 Å². The molecule has 0 saturated heterocycles. The van der Waals surface area contributed by atoms with Gasteiger partial charge in [-0.1, -0.05) is 41.7 Å². The lowest BCUT2D eigenvalue weighted by Gasteiger charge is -2.10. The van der Waals surface area contributed by atoms with Gasteiger partial charge in [-0.2, -0.15) is 10.2 Å². The van der Waals surface area contributed by atoms with Gasteiger partial charge >= 0.3 is 0 Å². The summed E-state index contributed by atoms with van der Waals surface area (Å²) in [5.41, 5.74) is 2.55. The van der Waals surface area contributed by atoms with Crippen molar-refractivity contribution in [3.8, 4) is 0 Å². The van der Waals surface area contributed by atoms with Gasteiger partial charge in [0.05, 0.1) is 12.2 Å². The summed E-state index contributed by atoms with van der Waals surface area (Å²) in [6.45, 7) is 4.36. The van der Waals surface area contributed by atoms with Gasteiger partial charge in [-0.15, -0.1) is 10.2 Å². The molecule has 0 aliphatic carbocycles. The van der Waals surface area contributed by atoms with Crippen LogP contribution in [0.1, 0.15) is 52.1 Å². The Labute approximate surface area is 170 Å². The zero-order valence-corrected chi connectivity index (χ0v) is 16.9. The molecule has 4 aromatic rings. The maximum absolute atomic E-state index is 12.9. The van der Waals surface area contributed by atoms with Crippen molar-refractivity contribution in [3.63, 3.8) is 0 Å². The molecule has 1 unspecified atom stereocenters. The summed E-state index contributed by atoms with van der Waals surface area (Å²) in [6.07, 6.45) is -0.0589. The minimum absolute atomic E-state index is 0.219. The Bertz CT molecular complexity index is 1090. The van der Waals surface area contributed by atoms with Crippen LogP contribution in [0.5, 0.6) is 0 Å². The third kappa shape index (κ3) is 4.40. The van der Waals surface area contributed by atoms with E-state index < -0.39 is 6.43 Å². The molecule has 0 aliphatic rings. The summed E-state index contributed by atoms with van der Waals surface area (Å²) in [6, 6.07) is 13.3. The third-order valence-electron chi connectivity index (χ3n) is 4.59.